The Morgan fingerprint density at radius 3 is 2.29 bits per heavy atom. The van der Waals surface area contributed by atoms with Gasteiger partial charge < -0.3 is 10.2 Å². The number of rotatable bonds is 2. The lowest BCUT2D eigenvalue weighted by atomic mass is 9.93. The quantitative estimate of drug-likeness (QED) is 0.923. The van der Waals surface area contributed by atoms with Crippen LogP contribution in [0.2, 0.25) is 0 Å². The number of amides is 2. The van der Waals surface area contributed by atoms with Crippen LogP contribution < -0.4 is 5.32 Å². The monoisotopic (exact) mass is 322 g/mol. The molecule has 2 amide bonds. The second-order valence-electron chi connectivity index (χ2n) is 6.50. The number of hydrogen-bond acceptors (Lipinski definition) is 2. The van der Waals surface area contributed by atoms with Crippen molar-refractivity contribution in [1.82, 2.24) is 4.90 Å². The van der Waals surface area contributed by atoms with Crippen LogP contribution in [0.25, 0.3) is 0 Å². The molecule has 2 aromatic rings. The summed E-state index contributed by atoms with van der Waals surface area (Å²) in [6.45, 7) is 6.00. The molecule has 1 aliphatic heterocycles. The van der Waals surface area contributed by atoms with Crippen molar-refractivity contribution < 1.29 is 9.59 Å². The fraction of sp³-hybridized carbons (Fsp3) is 0.300. The number of hydrogen-bond donors (Lipinski definition) is 1. The van der Waals surface area contributed by atoms with Crippen molar-refractivity contribution in [2.75, 3.05) is 5.32 Å². The maximum absolute atomic E-state index is 12.8. The zero-order valence-electron chi connectivity index (χ0n) is 14.3. The van der Waals surface area contributed by atoms with Crippen molar-refractivity contribution in [2.45, 2.75) is 39.8 Å². The van der Waals surface area contributed by atoms with Crippen molar-refractivity contribution in [3.8, 4) is 0 Å². The van der Waals surface area contributed by atoms with E-state index in [0.717, 1.165) is 27.9 Å². The number of benzene rings is 2. The maximum atomic E-state index is 12.8. The van der Waals surface area contributed by atoms with Gasteiger partial charge in [-0.05, 0) is 48.2 Å². The molecular weight excluding hydrogens is 300 g/mol. The largest absolute Gasteiger partial charge is 0.326 e. The molecule has 0 bridgehead atoms. The summed E-state index contributed by atoms with van der Waals surface area (Å²) >= 11 is 0. The minimum Gasteiger partial charge on any atom is -0.326 e. The van der Waals surface area contributed by atoms with E-state index in [-0.39, 0.29) is 11.8 Å². The van der Waals surface area contributed by atoms with Crippen molar-refractivity contribution in [3.05, 3.63) is 64.7 Å². The van der Waals surface area contributed by atoms with Crippen LogP contribution in [0.3, 0.4) is 0 Å². The highest BCUT2D eigenvalue weighted by molar-refractivity contribution is 5.97. The first-order valence-corrected chi connectivity index (χ1v) is 8.17. The second kappa shape index (κ2) is 6.48. The summed E-state index contributed by atoms with van der Waals surface area (Å²) in [5.41, 5.74) is 5.23. The molecule has 4 nitrogen and oxygen atoms in total. The van der Waals surface area contributed by atoms with Crippen LogP contribution in [0, 0.1) is 13.8 Å². The molecule has 0 unspecified atom stereocenters. The number of aryl methyl sites for hydroxylation is 2. The van der Waals surface area contributed by atoms with Gasteiger partial charge in [0.2, 0.25) is 11.8 Å². The smallest absolute Gasteiger partial charge is 0.247 e. The zero-order valence-corrected chi connectivity index (χ0v) is 14.3. The molecule has 1 aliphatic rings. The van der Waals surface area contributed by atoms with E-state index in [2.05, 4.69) is 11.4 Å². The third kappa shape index (κ3) is 3.32. The molecule has 124 valence electrons. The van der Waals surface area contributed by atoms with Gasteiger partial charge in [0.25, 0.3) is 0 Å². The first kappa shape index (κ1) is 16.2. The molecule has 24 heavy (non-hydrogen) atoms. The molecule has 0 saturated heterocycles. The Hall–Kier alpha value is -2.62. The summed E-state index contributed by atoms with van der Waals surface area (Å²) in [4.78, 5) is 26.5. The van der Waals surface area contributed by atoms with Gasteiger partial charge >= 0.3 is 0 Å². The third-order valence-electron chi connectivity index (χ3n) is 4.44. The average molecular weight is 322 g/mol. The minimum atomic E-state index is -0.474. The normalized spacial score (nSPS) is 16.5. The zero-order chi connectivity index (χ0) is 17.3. The molecule has 1 atom stereocenters. The average Bonchev–Trinajstić information content (AvgIpc) is 2.52. The summed E-state index contributed by atoms with van der Waals surface area (Å²) in [5.74, 6) is -0.213. The van der Waals surface area contributed by atoms with Gasteiger partial charge in [-0.3, -0.25) is 9.59 Å². The standard InChI is InChI=1S/C20H22N2O2/c1-13-8-14(2)10-18(9-13)21-20(24)19-11-16-6-4-5-7-17(16)12-22(19)15(3)23/h4-10,19H,11-12H2,1-3H3,(H,21,24)/t19-/m0/s1. The van der Waals surface area contributed by atoms with Gasteiger partial charge in [-0.15, -0.1) is 0 Å². The van der Waals surface area contributed by atoms with Crippen molar-refractivity contribution in [1.29, 1.82) is 0 Å². The van der Waals surface area contributed by atoms with E-state index in [0.29, 0.717) is 13.0 Å². The van der Waals surface area contributed by atoms with Gasteiger partial charge in [-0.2, -0.15) is 0 Å². The molecule has 2 aromatic carbocycles. The summed E-state index contributed by atoms with van der Waals surface area (Å²) in [5, 5.41) is 2.98. The Labute approximate surface area is 142 Å². The van der Waals surface area contributed by atoms with E-state index < -0.39 is 6.04 Å². The van der Waals surface area contributed by atoms with Crippen LogP contribution in [-0.2, 0) is 22.6 Å². The Balaban J connectivity index is 1.85. The molecule has 0 radical (unpaired) electrons. The van der Waals surface area contributed by atoms with Gasteiger partial charge in [0.1, 0.15) is 6.04 Å². The van der Waals surface area contributed by atoms with Crippen LogP contribution in [0.1, 0.15) is 29.2 Å². The number of nitrogens with one attached hydrogen (secondary N) is 1. The first-order valence-electron chi connectivity index (χ1n) is 8.17. The topological polar surface area (TPSA) is 49.4 Å². The first-order chi connectivity index (χ1) is 11.4. The molecule has 4 heteroatoms. The highest BCUT2D eigenvalue weighted by Gasteiger charge is 2.33. The fourth-order valence-electron chi connectivity index (χ4n) is 3.36. The summed E-state index contributed by atoms with van der Waals surface area (Å²) in [6, 6.07) is 13.5. The van der Waals surface area contributed by atoms with Crippen LogP contribution in [-0.4, -0.2) is 22.8 Å². The van der Waals surface area contributed by atoms with Gasteiger partial charge in [0.05, 0.1) is 0 Å². The van der Waals surface area contributed by atoms with E-state index in [9.17, 15) is 9.59 Å². The Morgan fingerprint density at radius 2 is 1.67 bits per heavy atom. The number of carbonyl (C=O) groups is 2. The fourth-order valence-corrected chi connectivity index (χ4v) is 3.36. The van der Waals surface area contributed by atoms with Gasteiger partial charge in [0.15, 0.2) is 0 Å². The van der Waals surface area contributed by atoms with E-state index in [1.54, 1.807) is 4.90 Å². The van der Waals surface area contributed by atoms with E-state index in [1.807, 2.05) is 50.2 Å². The number of nitrogens with zero attached hydrogens (tertiary/aromatic N) is 1. The lowest BCUT2D eigenvalue weighted by molar-refractivity contribution is -0.138. The molecule has 1 heterocycles. The van der Waals surface area contributed by atoms with E-state index in [4.69, 9.17) is 0 Å². The highest BCUT2D eigenvalue weighted by Crippen LogP contribution is 2.24. The molecule has 0 spiro atoms. The van der Waals surface area contributed by atoms with Crippen molar-refractivity contribution >= 4 is 17.5 Å². The molecule has 0 fully saturated rings. The predicted octanol–water partition coefficient (Wildman–Crippen LogP) is 3.22. The maximum Gasteiger partial charge on any atom is 0.247 e. The molecule has 3 rings (SSSR count). The second-order valence-corrected chi connectivity index (χ2v) is 6.50. The lowest BCUT2D eigenvalue weighted by Gasteiger charge is -2.35. The number of carbonyl (C=O) groups excluding carboxylic acids is 2. The summed E-state index contributed by atoms with van der Waals surface area (Å²) in [6.07, 6.45) is 0.548. The molecule has 0 aromatic heterocycles. The van der Waals surface area contributed by atoms with Crippen LogP contribution in [0.4, 0.5) is 5.69 Å². The number of fused-ring (bicyclic) bond motifs is 1. The predicted molar refractivity (Wildman–Crippen MR) is 94.7 cm³/mol. The third-order valence-corrected chi connectivity index (χ3v) is 4.44. The molecule has 1 N–H and O–H groups in total. The Kier molecular flexibility index (Phi) is 4.38. The molecular formula is C20H22N2O2. The van der Waals surface area contributed by atoms with Crippen LogP contribution in [0.15, 0.2) is 42.5 Å². The van der Waals surface area contributed by atoms with Crippen molar-refractivity contribution in [2.24, 2.45) is 0 Å². The van der Waals surface area contributed by atoms with Gasteiger partial charge in [-0.1, -0.05) is 30.3 Å². The van der Waals surface area contributed by atoms with Crippen LogP contribution >= 0.6 is 0 Å². The van der Waals surface area contributed by atoms with E-state index >= 15 is 0 Å². The number of anilines is 1. The summed E-state index contributed by atoms with van der Waals surface area (Å²) in [7, 11) is 0. The van der Waals surface area contributed by atoms with Gasteiger partial charge in [0, 0.05) is 25.6 Å². The minimum absolute atomic E-state index is 0.0786. The SMILES string of the molecule is CC(=O)N1Cc2ccccc2C[C@H]1C(=O)Nc1cc(C)cc(C)c1. The molecule has 0 aliphatic carbocycles. The Bertz CT molecular complexity index is 778. The molecule has 0 saturated carbocycles. The van der Waals surface area contributed by atoms with E-state index in [1.165, 1.54) is 6.92 Å². The van der Waals surface area contributed by atoms with Crippen molar-refractivity contribution in [3.63, 3.8) is 0 Å². The van der Waals surface area contributed by atoms with Crippen LogP contribution in [0.5, 0.6) is 0 Å². The highest BCUT2D eigenvalue weighted by atomic mass is 16.2. The van der Waals surface area contributed by atoms with Gasteiger partial charge in [-0.25, -0.2) is 0 Å². The lowest BCUT2D eigenvalue weighted by Crippen LogP contribution is -2.49. The summed E-state index contributed by atoms with van der Waals surface area (Å²) < 4.78 is 0. The Morgan fingerprint density at radius 1 is 1.04 bits per heavy atom.